The van der Waals surface area contributed by atoms with Gasteiger partial charge in [0.25, 0.3) is 5.91 Å². The second kappa shape index (κ2) is 5.60. The summed E-state index contributed by atoms with van der Waals surface area (Å²) in [6, 6.07) is 3.47. The van der Waals surface area contributed by atoms with E-state index in [4.69, 9.17) is 28.9 Å². The summed E-state index contributed by atoms with van der Waals surface area (Å²) >= 11 is 11.2. The second-order valence-electron chi connectivity index (χ2n) is 3.77. The minimum Gasteiger partial charge on any atom is -0.381 e. The molecule has 0 atom stereocenters. The number of nitrogen functional groups attached to an aromatic ring is 1. The molecule has 0 spiro atoms. The van der Waals surface area contributed by atoms with Gasteiger partial charge in [-0.15, -0.1) is 0 Å². The van der Waals surface area contributed by atoms with E-state index in [1.54, 1.807) is 0 Å². The smallest absolute Gasteiger partial charge is 0.258 e. The minimum absolute atomic E-state index is 0.126. The molecule has 0 saturated heterocycles. The van der Waals surface area contributed by atoms with Crippen molar-refractivity contribution in [3.05, 3.63) is 51.6 Å². The molecule has 104 valence electrons. The van der Waals surface area contributed by atoms with Crippen LogP contribution in [0.1, 0.15) is 10.4 Å². The van der Waals surface area contributed by atoms with Crippen molar-refractivity contribution in [1.82, 2.24) is 4.98 Å². The molecule has 2 rings (SSSR count). The first-order valence-corrected chi connectivity index (χ1v) is 6.01. The Bertz CT molecular complexity index is 671. The molecule has 1 aromatic heterocycles. The van der Waals surface area contributed by atoms with Crippen molar-refractivity contribution < 1.29 is 13.6 Å². The summed E-state index contributed by atoms with van der Waals surface area (Å²) < 4.78 is 26.8. The van der Waals surface area contributed by atoms with Crippen molar-refractivity contribution in [3.63, 3.8) is 0 Å². The van der Waals surface area contributed by atoms with Crippen LogP contribution in [0.4, 0.5) is 20.3 Å². The Morgan fingerprint density at radius 1 is 1.20 bits per heavy atom. The summed E-state index contributed by atoms with van der Waals surface area (Å²) in [5.41, 5.74) is 5.09. The normalized spacial score (nSPS) is 10.4. The highest BCUT2D eigenvalue weighted by atomic mass is 35.5. The molecule has 0 fully saturated rings. The summed E-state index contributed by atoms with van der Waals surface area (Å²) in [5, 5.41) is 1.81. The first-order chi connectivity index (χ1) is 9.40. The Hall–Kier alpha value is -1.92. The van der Waals surface area contributed by atoms with E-state index in [0.29, 0.717) is 0 Å². The van der Waals surface area contributed by atoms with Crippen molar-refractivity contribution in [2.75, 3.05) is 11.1 Å². The number of rotatable bonds is 2. The molecule has 8 heteroatoms. The lowest BCUT2D eigenvalue weighted by molar-refractivity contribution is 0.102. The van der Waals surface area contributed by atoms with Crippen LogP contribution in [0.5, 0.6) is 0 Å². The molecule has 2 aromatic rings. The Balaban J connectivity index is 2.30. The zero-order valence-corrected chi connectivity index (χ0v) is 11.3. The Labute approximate surface area is 122 Å². The lowest BCUT2D eigenvalue weighted by atomic mass is 10.2. The summed E-state index contributed by atoms with van der Waals surface area (Å²) in [6.07, 6.45) is 1.19. The van der Waals surface area contributed by atoms with E-state index < -0.39 is 23.4 Å². The molecule has 3 N–H and O–H groups in total. The van der Waals surface area contributed by atoms with Gasteiger partial charge in [-0.1, -0.05) is 23.2 Å². The first-order valence-electron chi connectivity index (χ1n) is 5.26. The molecule has 0 aliphatic carbocycles. The molecule has 0 bridgehead atoms. The van der Waals surface area contributed by atoms with E-state index in [9.17, 15) is 13.6 Å². The van der Waals surface area contributed by atoms with Crippen LogP contribution in [0.3, 0.4) is 0 Å². The van der Waals surface area contributed by atoms with Gasteiger partial charge in [-0.2, -0.15) is 0 Å². The van der Waals surface area contributed by atoms with E-state index in [1.165, 1.54) is 6.20 Å². The van der Waals surface area contributed by atoms with Crippen molar-refractivity contribution in [2.24, 2.45) is 0 Å². The topological polar surface area (TPSA) is 68.0 Å². The van der Waals surface area contributed by atoms with Crippen LogP contribution in [-0.4, -0.2) is 10.9 Å². The molecular weight excluding hydrogens is 311 g/mol. The van der Waals surface area contributed by atoms with Gasteiger partial charge in [-0.25, -0.2) is 13.8 Å². The van der Waals surface area contributed by atoms with Crippen molar-refractivity contribution >= 4 is 40.6 Å². The number of anilines is 2. The number of carbonyl (C=O) groups is 1. The van der Waals surface area contributed by atoms with Gasteiger partial charge >= 0.3 is 0 Å². The number of pyridine rings is 1. The van der Waals surface area contributed by atoms with Crippen LogP contribution in [0.25, 0.3) is 0 Å². The van der Waals surface area contributed by atoms with Crippen molar-refractivity contribution in [2.45, 2.75) is 0 Å². The maximum Gasteiger partial charge on any atom is 0.258 e. The molecule has 0 radical (unpaired) electrons. The van der Waals surface area contributed by atoms with Crippen LogP contribution in [0.2, 0.25) is 10.0 Å². The molecule has 1 heterocycles. The van der Waals surface area contributed by atoms with E-state index in [0.717, 1.165) is 18.2 Å². The van der Waals surface area contributed by atoms with Crippen molar-refractivity contribution in [1.29, 1.82) is 0 Å². The van der Waals surface area contributed by atoms with Crippen molar-refractivity contribution in [3.8, 4) is 0 Å². The third-order valence-corrected chi connectivity index (χ3v) is 2.95. The fraction of sp³-hybridized carbons (Fsp3) is 0. The third kappa shape index (κ3) is 2.81. The predicted octanol–water partition coefficient (Wildman–Crippen LogP) is 3.50. The van der Waals surface area contributed by atoms with Gasteiger partial charge in [-0.05, 0) is 18.2 Å². The Morgan fingerprint density at radius 3 is 2.40 bits per heavy atom. The Morgan fingerprint density at radius 2 is 1.80 bits per heavy atom. The van der Waals surface area contributed by atoms with E-state index in [-0.39, 0.29) is 21.3 Å². The van der Waals surface area contributed by atoms with Gasteiger partial charge in [-0.3, -0.25) is 4.79 Å². The van der Waals surface area contributed by atoms with Gasteiger partial charge in [0.1, 0.15) is 0 Å². The molecule has 0 saturated carbocycles. The summed E-state index contributed by atoms with van der Waals surface area (Å²) in [4.78, 5) is 15.4. The average molecular weight is 318 g/mol. The standard InChI is InChI=1S/C12H7Cl2F2N3O/c13-7-3-5(4-8(14)10(7)16)19-12(20)6-1-2-18-11(17)9(6)15/h1-4H,(H2,17,18)(H,19,20). The van der Waals surface area contributed by atoms with Gasteiger partial charge in [0, 0.05) is 11.9 Å². The van der Waals surface area contributed by atoms with Gasteiger partial charge in [0.2, 0.25) is 0 Å². The Kier molecular flexibility index (Phi) is 4.06. The fourth-order valence-electron chi connectivity index (χ4n) is 1.46. The number of nitrogens with one attached hydrogen (secondary N) is 1. The molecule has 1 amide bonds. The number of hydrogen-bond donors (Lipinski definition) is 2. The highest BCUT2D eigenvalue weighted by Gasteiger charge is 2.16. The summed E-state index contributed by atoms with van der Waals surface area (Å²) in [7, 11) is 0. The molecule has 1 aromatic carbocycles. The summed E-state index contributed by atoms with van der Waals surface area (Å²) in [6.45, 7) is 0. The first kappa shape index (κ1) is 14.5. The lowest BCUT2D eigenvalue weighted by Gasteiger charge is -2.08. The number of nitrogens with zero attached hydrogens (tertiary/aromatic N) is 1. The number of aromatic nitrogens is 1. The van der Waals surface area contributed by atoms with E-state index in [1.807, 2.05) is 0 Å². The fourth-order valence-corrected chi connectivity index (χ4v) is 1.95. The number of amides is 1. The number of hydrogen-bond acceptors (Lipinski definition) is 3. The average Bonchev–Trinajstić information content (AvgIpc) is 2.39. The number of halogens is 4. The van der Waals surface area contributed by atoms with E-state index >= 15 is 0 Å². The number of nitrogens with two attached hydrogens (primary N) is 1. The van der Waals surface area contributed by atoms with E-state index in [2.05, 4.69) is 10.3 Å². The van der Waals surface area contributed by atoms with Gasteiger partial charge in [0.05, 0.1) is 15.6 Å². The zero-order valence-electron chi connectivity index (χ0n) is 9.75. The SMILES string of the molecule is Nc1nccc(C(=O)Nc2cc(Cl)c(F)c(Cl)c2)c1F. The molecule has 0 unspecified atom stereocenters. The highest BCUT2D eigenvalue weighted by Crippen LogP contribution is 2.27. The van der Waals surface area contributed by atoms with Crippen LogP contribution in [0, 0.1) is 11.6 Å². The second-order valence-corrected chi connectivity index (χ2v) is 4.58. The predicted molar refractivity (Wildman–Crippen MR) is 73.0 cm³/mol. The number of carbonyl (C=O) groups excluding carboxylic acids is 1. The van der Waals surface area contributed by atoms with Crippen LogP contribution in [0.15, 0.2) is 24.4 Å². The lowest BCUT2D eigenvalue weighted by Crippen LogP contribution is -2.15. The van der Waals surface area contributed by atoms with Crippen LogP contribution < -0.4 is 11.1 Å². The molecular formula is C12H7Cl2F2N3O. The van der Waals surface area contributed by atoms with Gasteiger partial charge < -0.3 is 11.1 Å². The third-order valence-electron chi connectivity index (χ3n) is 2.40. The molecule has 20 heavy (non-hydrogen) atoms. The van der Waals surface area contributed by atoms with Crippen LogP contribution in [-0.2, 0) is 0 Å². The highest BCUT2D eigenvalue weighted by molar-refractivity contribution is 6.35. The monoisotopic (exact) mass is 317 g/mol. The maximum absolute atomic E-state index is 13.6. The maximum atomic E-state index is 13.6. The molecule has 4 nitrogen and oxygen atoms in total. The molecule has 0 aliphatic heterocycles. The quantitative estimate of drug-likeness (QED) is 0.833. The zero-order chi connectivity index (χ0) is 14.9. The van der Waals surface area contributed by atoms with Gasteiger partial charge in [0.15, 0.2) is 17.5 Å². The molecule has 0 aliphatic rings. The largest absolute Gasteiger partial charge is 0.381 e. The van der Waals surface area contributed by atoms with Crippen LogP contribution >= 0.6 is 23.2 Å². The minimum atomic E-state index is -0.940. The number of benzene rings is 1. The summed E-state index contributed by atoms with van der Waals surface area (Å²) in [5.74, 6) is -2.92.